The molecular formula is C18H30FN. The standard InChI is InChI=1S/C18H30FN/c1-5-8-15(9-6-2)18(20-12-7-3)16-10-11-17(19)14(4)13-16/h10-11,13,15,18,20H,5-9,12H2,1-4H3. The predicted octanol–water partition coefficient (Wildman–Crippen LogP) is 5.39. The Kier molecular flexibility index (Phi) is 7.83. The molecule has 0 aliphatic heterocycles. The second-order valence-corrected chi connectivity index (χ2v) is 5.78. The average Bonchev–Trinajstić information content (AvgIpc) is 2.43. The maximum atomic E-state index is 13.5. The van der Waals surface area contributed by atoms with Gasteiger partial charge >= 0.3 is 0 Å². The van der Waals surface area contributed by atoms with Crippen molar-refractivity contribution in [2.75, 3.05) is 6.54 Å². The molecule has 20 heavy (non-hydrogen) atoms. The van der Waals surface area contributed by atoms with Gasteiger partial charge in [-0.3, -0.25) is 0 Å². The van der Waals surface area contributed by atoms with E-state index in [1.807, 2.05) is 19.1 Å². The molecule has 0 saturated carbocycles. The van der Waals surface area contributed by atoms with Crippen LogP contribution in [-0.2, 0) is 0 Å². The van der Waals surface area contributed by atoms with Gasteiger partial charge in [-0.25, -0.2) is 4.39 Å². The van der Waals surface area contributed by atoms with E-state index in [4.69, 9.17) is 0 Å². The number of hydrogen-bond acceptors (Lipinski definition) is 1. The minimum absolute atomic E-state index is 0.106. The van der Waals surface area contributed by atoms with E-state index in [-0.39, 0.29) is 5.82 Å². The largest absolute Gasteiger partial charge is 0.310 e. The topological polar surface area (TPSA) is 12.0 Å². The normalized spacial score (nSPS) is 12.9. The first-order valence-electron chi connectivity index (χ1n) is 8.13. The number of halogens is 1. The fourth-order valence-electron chi connectivity index (χ4n) is 2.94. The highest BCUT2D eigenvalue weighted by molar-refractivity contribution is 5.27. The predicted molar refractivity (Wildman–Crippen MR) is 85.5 cm³/mol. The van der Waals surface area contributed by atoms with Gasteiger partial charge in [-0.2, -0.15) is 0 Å². The molecule has 0 amide bonds. The summed E-state index contributed by atoms with van der Waals surface area (Å²) in [5.41, 5.74) is 1.99. The number of benzene rings is 1. The Balaban J connectivity index is 2.98. The molecule has 0 radical (unpaired) electrons. The van der Waals surface area contributed by atoms with Crippen LogP contribution in [-0.4, -0.2) is 6.54 Å². The highest BCUT2D eigenvalue weighted by atomic mass is 19.1. The summed E-state index contributed by atoms with van der Waals surface area (Å²) in [6, 6.07) is 5.93. The highest BCUT2D eigenvalue weighted by Gasteiger charge is 2.21. The number of nitrogens with one attached hydrogen (secondary N) is 1. The Labute approximate surface area is 124 Å². The quantitative estimate of drug-likeness (QED) is 0.639. The lowest BCUT2D eigenvalue weighted by Gasteiger charge is -2.29. The molecule has 0 bridgehead atoms. The van der Waals surface area contributed by atoms with Crippen LogP contribution in [0.2, 0.25) is 0 Å². The Hall–Kier alpha value is -0.890. The van der Waals surface area contributed by atoms with Gasteiger partial charge in [-0.15, -0.1) is 0 Å². The third kappa shape index (κ3) is 4.90. The van der Waals surface area contributed by atoms with E-state index in [2.05, 4.69) is 26.1 Å². The van der Waals surface area contributed by atoms with Crippen molar-refractivity contribution in [1.82, 2.24) is 5.32 Å². The minimum atomic E-state index is -0.106. The third-order valence-electron chi connectivity index (χ3n) is 3.95. The van der Waals surface area contributed by atoms with Crippen LogP contribution >= 0.6 is 0 Å². The zero-order valence-electron chi connectivity index (χ0n) is 13.5. The van der Waals surface area contributed by atoms with Crippen molar-refractivity contribution in [3.63, 3.8) is 0 Å². The van der Waals surface area contributed by atoms with Crippen LogP contribution in [0.1, 0.15) is 70.0 Å². The van der Waals surface area contributed by atoms with E-state index in [0.29, 0.717) is 12.0 Å². The van der Waals surface area contributed by atoms with Crippen LogP contribution < -0.4 is 5.32 Å². The first-order chi connectivity index (χ1) is 9.63. The Morgan fingerprint density at radius 2 is 1.70 bits per heavy atom. The van der Waals surface area contributed by atoms with Gasteiger partial charge in [0.25, 0.3) is 0 Å². The van der Waals surface area contributed by atoms with Gasteiger partial charge in [0, 0.05) is 6.04 Å². The van der Waals surface area contributed by atoms with Crippen molar-refractivity contribution in [3.05, 3.63) is 35.1 Å². The van der Waals surface area contributed by atoms with Crippen LogP contribution in [0.4, 0.5) is 4.39 Å². The molecule has 2 heteroatoms. The highest BCUT2D eigenvalue weighted by Crippen LogP contribution is 2.30. The summed E-state index contributed by atoms with van der Waals surface area (Å²) in [5, 5.41) is 3.68. The van der Waals surface area contributed by atoms with E-state index >= 15 is 0 Å². The first kappa shape index (κ1) is 17.2. The number of hydrogen-bond donors (Lipinski definition) is 1. The molecule has 114 valence electrons. The van der Waals surface area contributed by atoms with Gasteiger partial charge in [-0.05, 0) is 55.8 Å². The molecule has 1 aromatic rings. The van der Waals surface area contributed by atoms with Gasteiger partial charge < -0.3 is 5.32 Å². The molecule has 1 atom stereocenters. The summed E-state index contributed by atoms with van der Waals surface area (Å²) in [5.74, 6) is 0.534. The molecule has 0 aromatic heterocycles. The Morgan fingerprint density at radius 1 is 1.05 bits per heavy atom. The van der Waals surface area contributed by atoms with Crippen LogP contribution in [0, 0.1) is 18.7 Å². The fourth-order valence-corrected chi connectivity index (χ4v) is 2.94. The van der Waals surface area contributed by atoms with E-state index in [9.17, 15) is 4.39 Å². The van der Waals surface area contributed by atoms with Gasteiger partial charge in [0.1, 0.15) is 5.82 Å². The van der Waals surface area contributed by atoms with Crippen molar-refractivity contribution in [2.45, 2.75) is 65.8 Å². The second-order valence-electron chi connectivity index (χ2n) is 5.78. The summed E-state index contributed by atoms with van der Waals surface area (Å²) >= 11 is 0. The lowest BCUT2D eigenvalue weighted by atomic mass is 9.85. The van der Waals surface area contributed by atoms with Crippen molar-refractivity contribution >= 4 is 0 Å². The molecule has 0 heterocycles. The lowest BCUT2D eigenvalue weighted by Crippen LogP contribution is -2.29. The van der Waals surface area contributed by atoms with Crippen molar-refractivity contribution in [3.8, 4) is 0 Å². The molecule has 1 nitrogen and oxygen atoms in total. The molecule has 1 rings (SSSR count). The molecule has 1 aromatic carbocycles. The van der Waals surface area contributed by atoms with Crippen molar-refractivity contribution in [1.29, 1.82) is 0 Å². The zero-order chi connectivity index (χ0) is 15.0. The van der Waals surface area contributed by atoms with Crippen LogP contribution in [0.5, 0.6) is 0 Å². The SMILES string of the molecule is CCCNC(c1ccc(F)c(C)c1)C(CCC)CCC. The van der Waals surface area contributed by atoms with E-state index < -0.39 is 0 Å². The molecular weight excluding hydrogens is 249 g/mol. The summed E-state index contributed by atoms with van der Waals surface area (Å²) < 4.78 is 13.5. The summed E-state index contributed by atoms with van der Waals surface area (Å²) in [7, 11) is 0. The Morgan fingerprint density at radius 3 is 2.20 bits per heavy atom. The van der Waals surface area contributed by atoms with E-state index in [0.717, 1.165) is 18.5 Å². The van der Waals surface area contributed by atoms with Gasteiger partial charge in [0.2, 0.25) is 0 Å². The van der Waals surface area contributed by atoms with Gasteiger partial charge in [0.05, 0.1) is 0 Å². The first-order valence-corrected chi connectivity index (χ1v) is 8.13. The number of rotatable bonds is 9. The lowest BCUT2D eigenvalue weighted by molar-refractivity contribution is 0.316. The number of aryl methyl sites for hydroxylation is 1. The third-order valence-corrected chi connectivity index (χ3v) is 3.95. The van der Waals surface area contributed by atoms with Crippen LogP contribution in [0.15, 0.2) is 18.2 Å². The Bertz CT molecular complexity index is 383. The monoisotopic (exact) mass is 279 g/mol. The molecule has 0 fully saturated rings. The molecule has 1 unspecified atom stereocenters. The fraction of sp³-hybridized carbons (Fsp3) is 0.667. The average molecular weight is 279 g/mol. The van der Waals surface area contributed by atoms with E-state index in [1.165, 1.54) is 31.2 Å². The molecule has 1 N–H and O–H groups in total. The zero-order valence-corrected chi connectivity index (χ0v) is 13.5. The summed E-state index contributed by atoms with van der Waals surface area (Å²) in [4.78, 5) is 0. The maximum absolute atomic E-state index is 13.5. The van der Waals surface area contributed by atoms with Crippen LogP contribution in [0.3, 0.4) is 0 Å². The maximum Gasteiger partial charge on any atom is 0.126 e. The van der Waals surface area contributed by atoms with E-state index in [1.54, 1.807) is 6.07 Å². The van der Waals surface area contributed by atoms with Crippen LogP contribution in [0.25, 0.3) is 0 Å². The summed E-state index contributed by atoms with van der Waals surface area (Å²) in [6.45, 7) is 9.55. The molecule has 0 spiro atoms. The molecule has 0 saturated heterocycles. The van der Waals surface area contributed by atoms with Crippen molar-refractivity contribution in [2.24, 2.45) is 5.92 Å². The molecule has 0 aliphatic carbocycles. The summed E-state index contributed by atoms with van der Waals surface area (Å²) in [6.07, 6.45) is 5.99. The molecule has 0 aliphatic rings. The second kappa shape index (κ2) is 9.12. The van der Waals surface area contributed by atoms with Gasteiger partial charge in [0.15, 0.2) is 0 Å². The smallest absolute Gasteiger partial charge is 0.126 e. The van der Waals surface area contributed by atoms with Crippen molar-refractivity contribution < 1.29 is 4.39 Å². The van der Waals surface area contributed by atoms with Gasteiger partial charge in [-0.1, -0.05) is 45.7 Å². The minimum Gasteiger partial charge on any atom is -0.310 e.